The molecule has 1 N–H and O–H groups in total. The fourth-order valence-corrected chi connectivity index (χ4v) is 1.76. The minimum atomic E-state index is -0.114. The van der Waals surface area contributed by atoms with E-state index in [-0.39, 0.29) is 11.9 Å². The van der Waals surface area contributed by atoms with E-state index in [1.54, 1.807) is 12.4 Å². The van der Waals surface area contributed by atoms with Crippen LogP contribution in [0.4, 0.5) is 0 Å². The number of hydrogen-bond donors (Lipinski definition) is 1. The predicted octanol–water partition coefficient (Wildman–Crippen LogP) is 2.31. The van der Waals surface area contributed by atoms with Crippen molar-refractivity contribution in [1.29, 1.82) is 0 Å². The highest BCUT2D eigenvalue weighted by Crippen LogP contribution is 2.20. The largest absolute Gasteiger partial charge is 0.345 e. The average molecular weight is 226 g/mol. The Bertz CT molecular complexity index is 443. The van der Waals surface area contributed by atoms with Gasteiger partial charge in [-0.2, -0.15) is 0 Å². The minimum Gasteiger partial charge on any atom is -0.345 e. The first-order valence-corrected chi connectivity index (χ1v) is 5.49. The van der Waals surface area contributed by atoms with Gasteiger partial charge in [-0.15, -0.1) is 0 Å². The van der Waals surface area contributed by atoms with E-state index in [1.165, 1.54) is 6.92 Å². The number of nitrogens with zero attached hydrogens (tertiary/aromatic N) is 1. The van der Waals surface area contributed by atoms with Gasteiger partial charge in [0.1, 0.15) is 0 Å². The summed E-state index contributed by atoms with van der Waals surface area (Å²) in [7, 11) is 0. The summed E-state index contributed by atoms with van der Waals surface area (Å²) in [6.07, 6.45) is 3.46. The zero-order chi connectivity index (χ0) is 12.1. The van der Waals surface area contributed by atoms with E-state index in [0.29, 0.717) is 0 Å². The van der Waals surface area contributed by atoms with E-state index in [9.17, 15) is 4.79 Å². The van der Waals surface area contributed by atoms with Gasteiger partial charge < -0.3 is 5.32 Å². The van der Waals surface area contributed by atoms with Gasteiger partial charge in [0.2, 0.25) is 5.91 Å². The number of hydrogen-bond acceptors (Lipinski definition) is 2. The summed E-state index contributed by atoms with van der Waals surface area (Å²) in [5, 5.41) is 2.95. The maximum atomic E-state index is 11.3. The molecular formula is C14H14N2O. The van der Waals surface area contributed by atoms with Crippen molar-refractivity contribution in [3.05, 3.63) is 66.0 Å². The highest BCUT2D eigenvalue weighted by Gasteiger charge is 2.14. The molecule has 2 aromatic rings. The highest BCUT2D eigenvalue weighted by molar-refractivity contribution is 5.74. The number of pyridine rings is 1. The summed E-state index contributed by atoms with van der Waals surface area (Å²) in [5.41, 5.74) is 2.09. The molecule has 0 fully saturated rings. The molecule has 1 atom stereocenters. The lowest BCUT2D eigenvalue weighted by atomic mass is 10.00. The third kappa shape index (κ3) is 2.91. The van der Waals surface area contributed by atoms with Crippen LogP contribution in [0.5, 0.6) is 0 Å². The van der Waals surface area contributed by atoms with Gasteiger partial charge in [0.25, 0.3) is 0 Å². The highest BCUT2D eigenvalue weighted by atomic mass is 16.1. The SMILES string of the molecule is CC(=O)NC(c1ccccc1)c1ccncc1. The molecule has 1 aromatic heterocycles. The molecule has 0 saturated heterocycles. The van der Waals surface area contributed by atoms with Crippen LogP contribution in [0.2, 0.25) is 0 Å². The van der Waals surface area contributed by atoms with Gasteiger partial charge in [-0.05, 0) is 23.3 Å². The van der Waals surface area contributed by atoms with Crippen molar-refractivity contribution in [2.45, 2.75) is 13.0 Å². The quantitative estimate of drug-likeness (QED) is 0.872. The lowest BCUT2D eigenvalue weighted by Crippen LogP contribution is -2.26. The summed E-state index contributed by atoms with van der Waals surface area (Å²) in [5.74, 6) is -0.0457. The zero-order valence-electron chi connectivity index (χ0n) is 9.63. The Hall–Kier alpha value is -2.16. The second kappa shape index (κ2) is 5.25. The molecule has 0 saturated carbocycles. The molecule has 3 heteroatoms. The Morgan fingerprint density at radius 1 is 1.06 bits per heavy atom. The van der Waals surface area contributed by atoms with Gasteiger partial charge in [-0.1, -0.05) is 30.3 Å². The van der Waals surface area contributed by atoms with Crippen LogP contribution in [0, 0.1) is 0 Å². The molecule has 0 aliphatic heterocycles. The van der Waals surface area contributed by atoms with Gasteiger partial charge in [0.15, 0.2) is 0 Å². The van der Waals surface area contributed by atoms with Crippen molar-refractivity contribution >= 4 is 5.91 Å². The van der Waals surface area contributed by atoms with Gasteiger partial charge in [0.05, 0.1) is 6.04 Å². The Labute approximate surface area is 101 Å². The van der Waals surface area contributed by atoms with Crippen molar-refractivity contribution in [1.82, 2.24) is 10.3 Å². The van der Waals surface area contributed by atoms with E-state index in [0.717, 1.165) is 11.1 Å². The number of benzene rings is 1. The molecule has 3 nitrogen and oxygen atoms in total. The monoisotopic (exact) mass is 226 g/mol. The lowest BCUT2D eigenvalue weighted by molar-refractivity contribution is -0.119. The molecule has 1 amide bonds. The second-order valence-electron chi connectivity index (χ2n) is 3.82. The Balaban J connectivity index is 2.36. The number of carbonyl (C=O) groups is 1. The summed E-state index contributed by atoms with van der Waals surface area (Å²) in [6, 6.07) is 13.6. The molecule has 0 aliphatic rings. The smallest absolute Gasteiger partial charge is 0.217 e. The van der Waals surface area contributed by atoms with Gasteiger partial charge in [0, 0.05) is 19.3 Å². The topological polar surface area (TPSA) is 42.0 Å². The molecule has 0 bridgehead atoms. The van der Waals surface area contributed by atoms with Crippen molar-refractivity contribution in [2.75, 3.05) is 0 Å². The number of nitrogens with one attached hydrogen (secondary N) is 1. The van der Waals surface area contributed by atoms with Crippen molar-refractivity contribution < 1.29 is 4.79 Å². The van der Waals surface area contributed by atoms with Crippen LogP contribution in [0.3, 0.4) is 0 Å². The van der Waals surface area contributed by atoms with Gasteiger partial charge >= 0.3 is 0 Å². The molecule has 17 heavy (non-hydrogen) atoms. The fourth-order valence-electron chi connectivity index (χ4n) is 1.76. The van der Waals surface area contributed by atoms with E-state index < -0.39 is 0 Å². The molecule has 1 unspecified atom stereocenters. The van der Waals surface area contributed by atoms with Crippen molar-refractivity contribution in [3.63, 3.8) is 0 Å². The van der Waals surface area contributed by atoms with Crippen LogP contribution < -0.4 is 5.32 Å². The number of rotatable bonds is 3. The maximum Gasteiger partial charge on any atom is 0.217 e. The Morgan fingerprint density at radius 2 is 1.65 bits per heavy atom. The van der Waals surface area contributed by atoms with E-state index in [4.69, 9.17) is 0 Å². The zero-order valence-corrected chi connectivity index (χ0v) is 9.63. The molecule has 1 aromatic carbocycles. The van der Waals surface area contributed by atoms with Crippen LogP contribution in [0.25, 0.3) is 0 Å². The fraction of sp³-hybridized carbons (Fsp3) is 0.143. The van der Waals surface area contributed by atoms with Crippen LogP contribution in [-0.4, -0.2) is 10.9 Å². The number of amides is 1. The maximum absolute atomic E-state index is 11.3. The molecule has 1 heterocycles. The van der Waals surface area contributed by atoms with Crippen molar-refractivity contribution in [2.24, 2.45) is 0 Å². The lowest BCUT2D eigenvalue weighted by Gasteiger charge is -2.18. The van der Waals surface area contributed by atoms with E-state index >= 15 is 0 Å². The predicted molar refractivity (Wildman–Crippen MR) is 66.3 cm³/mol. The van der Waals surface area contributed by atoms with Gasteiger partial charge in [-0.25, -0.2) is 0 Å². The molecular weight excluding hydrogens is 212 g/mol. The number of carbonyl (C=O) groups excluding carboxylic acids is 1. The molecule has 86 valence electrons. The van der Waals surface area contributed by atoms with E-state index in [1.807, 2.05) is 42.5 Å². The summed E-state index contributed by atoms with van der Waals surface area (Å²) in [6.45, 7) is 1.52. The summed E-state index contributed by atoms with van der Waals surface area (Å²) >= 11 is 0. The first-order valence-electron chi connectivity index (χ1n) is 5.49. The third-order valence-electron chi connectivity index (χ3n) is 2.52. The van der Waals surface area contributed by atoms with Crippen LogP contribution in [0.15, 0.2) is 54.9 Å². The Kier molecular flexibility index (Phi) is 3.50. The van der Waals surface area contributed by atoms with Crippen LogP contribution in [-0.2, 0) is 4.79 Å². The normalized spacial score (nSPS) is 11.8. The number of aromatic nitrogens is 1. The molecule has 0 spiro atoms. The first kappa shape index (κ1) is 11.3. The standard InChI is InChI=1S/C14H14N2O/c1-11(17)16-14(12-5-3-2-4-6-12)13-7-9-15-10-8-13/h2-10,14H,1H3,(H,16,17). The van der Waals surface area contributed by atoms with E-state index in [2.05, 4.69) is 10.3 Å². The third-order valence-corrected chi connectivity index (χ3v) is 2.52. The van der Waals surface area contributed by atoms with Crippen LogP contribution >= 0.6 is 0 Å². The van der Waals surface area contributed by atoms with Crippen molar-refractivity contribution in [3.8, 4) is 0 Å². The molecule has 0 radical (unpaired) electrons. The van der Waals surface area contributed by atoms with Crippen LogP contribution in [0.1, 0.15) is 24.1 Å². The second-order valence-corrected chi connectivity index (χ2v) is 3.82. The van der Waals surface area contributed by atoms with Gasteiger partial charge in [-0.3, -0.25) is 9.78 Å². The summed E-state index contributed by atoms with van der Waals surface area (Å²) < 4.78 is 0. The molecule has 2 rings (SSSR count). The minimum absolute atomic E-state index is 0.0457. The summed E-state index contributed by atoms with van der Waals surface area (Å²) in [4.78, 5) is 15.3. The average Bonchev–Trinajstić information content (AvgIpc) is 2.38. The molecule has 0 aliphatic carbocycles. The first-order chi connectivity index (χ1) is 8.27. The Morgan fingerprint density at radius 3 is 2.24 bits per heavy atom.